The molecule has 0 aromatic carbocycles. The number of aromatic nitrogens is 2. The quantitative estimate of drug-likeness (QED) is 0.394. The van der Waals surface area contributed by atoms with Crippen LogP contribution >= 0.6 is 0 Å². The van der Waals surface area contributed by atoms with Crippen LogP contribution in [0.2, 0.25) is 0 Å². The summed E-state index contributed by atoms with van der Waals surface area (Å²) in [6.07, 6.45) is 0. The minimum absolute atomic E-state index is 0.0176. The summed E-state index contributed by atoms with van der Waals surface area (Å²) >= 11 is 0. The highest BCUT2D eigenvalue weighted by Gasteiger charge is 2.46. The van der Waals surface area contributed by atoms with E-state index in [-0.39, 0.29) is 4.79 Å². The van der Waals surface area contributed by atoms with E-state index in [1.807, 2.05) is 0 Å². The van der Waals surface area contributed by atoms with Crippen LogP contribution in [0.4, 0.5) is 17.3 Å². The number of hydrogen-bond acceptors (Lipinski definition) is 8. The number of nitro groups is 3. The summed E-state index contributed by atoms with van der Waals surface area (Å²) in [6.45, 7) is 0. The second-order valence-electron chi connectivity index (χ2n) is 2.21. The van der Waals surface area contributed by atoms with Gasteiger partial charge in [0.15, 0.2) is 5.10 Å². The van der Waals surface area contributed by atoms with E-state index in [1.54, 1.807) is 0 Å². The van der Waals surface area contributed by atoms with Gasteiger partial charge in [-0.05, 0) is 9.85 Å². The number of hydrogen-bond donors (Lipinski definition) is 1. The standard InChI is InChI=1S/C3H2N6O6/c4-6-3(9(14)15)1(7(10)11)2(5-6)8(12)13/h4H2. The molecule has 0 aliphatic heterocycles. The van der Waals surface area contributed by atoms with Gasteiger partial charge in [0.25, 0.3) is 0 Å². The first-order chi connectivity index (χ1) is 6.86. The molecule has 0 radical (unpaired) electrons. The maximum atomic E-state index is 10.4. The third-order valence-corrected chi connectivity index (χ3v) is 1.37. The fraction of sp³-hybridized carbons (Fsp3) is 0. The van der Waals surface area contributed by atoms with E-state index >= 15 is 0 Å². The van der Waals surface area contributed by atoms with Gasteiger partial charge in [-0.1, -0.05) is 0 Å². The summed E-state index contributed by atoms with van der Waals surface area (Å²) in [4.78, 5) is 27.2. The lowest BCUT2D eigenvalue weighted by Gasteiger charge is -1.89. The molecule has 2 N–H and O–H groups in total. The first-order valence-corrected chi connectivity index (χ1v) is 3.17. The van der Waals surface area contributed by atoms with Gasteiger partial charge in [0, 0.05) is 0 Å². The molecule has 0 aliphatic rings. The molecule has 0 saturated carbocycles. The van der Waals surface area contributed by atoms with Crippen LogP contribution in [-0.2, 0) is 0 Å². The molecule has 0 saturated heterocycles. The average molecular weight is 218 g/mol. The molecule has 1 aromatic rings. The van der Waals surface area contributed by atoms with E-state index < -0.39 is 32.1 Å². The van der Waals surface area contributed by atoms with E-state index in [9.17, 15) is 30.3 Å². The van der Waals surface area contributed by atoms with Gasteiger partial charge in [-0.3, -0.25) is 10.1 Å². The molecule has 12 nitrogen and oxygen atoms in total. The summed E-state index contributed by atoms with van der Waals surface area (Å²) in [6, 6.07) is 0. The smallest absolute Gasteiger partial charge is 0.358 e. The average Bonchev–Trinajstić information content (AvgIpc) is 2.42. The lowest BCUT2D eigenvalue weighted by molar-refractivity contribution is -0.441. The summed E-state index contributed by atoms with van der Waals surface area (Å²) in [5.74, 6) is 2.36. The predicted molar refractivity (Wildman–Crippen MR) is 42.3 cm³/mol. The highest BCUT2D eigenvalue weighted by molar-refractivity contribution is 5.59. The van der Waals surface area contributed by atoms with Crippen molar-refractivity contribution in [2.45, 2.75) is 0 Å². The molecule has 1 aromatic heterocycles. The zero-order chi connectivity index (χ0) is 11.7. The minimum Gasteiger partial charge on any atom is -0.358 e. The van der Waals surface area contributed by atoms with Gasteiger partial charge in [-0.15, -0.1) is 0 Å². The minimum atomic E-state index is -1.34. The summed E-state index contributed by atoms with van der Waals surface area (Å²) in [5.41, 5.74) is -1.34. The third kappa shape index (κ3) is 1.50. The van der Waals surface area contributed by atoms with Crippen molar-refractivity contribution in [2.75, 3.05) is 5.84 Å². The van der Waals surface area contributed by atoms with Gasteiger partial charge >= 0.3 is 17.3 Å². The summed E-state index contributed by atoms with van der Waals surface area (Å²) in [5, 5.41) is 33.8. The Hall–Kier alpha value is -2.79. The zero-order valence-electron chi connectivity index (χ0n) is 6.76. The van der Waals surface area contributed by atoms with Gasteiger partial charge in [-0.2, -0.15) is 0 Å². The van der Waals surface area contributed by atoms with Gasteiger partial charge in [0.2, 0.25) is 0 Å². The van der Waals surface area contributed by atoms with Crippen LogP contribution in [-0.4, -0.2) is 24.7 Å². The second kappa shape index (κ2) is 3.17. The first-order valence-electron chi connectivity index (χ1n) is 3.17. The van der Waals surface area contributed by atoms with E-state index in [1.165, 1.54) is 0 Å². The van der Waals surface area contributed by atoms with Gasteiger partial charge in [0.1, 0.15) is 0 Å². The third-order valence-electron chi connectivity index (χ3n) is 1.37. The molecule has 15 heavy (non-hydrogen) atoms. The van der Waals surface area contributed by atoms with E-state index in [4.69, 9.17) is 5.84 Å². The molecule has 0 fully saturated rings. The molecular weight excluding hydrogens is 216 g/mol. The highest BCUT2D eigenvalue weighted by Crippen LogP contribution is 2.34. The van der Waals surface area contributed by atoms with Crippen molar-refractivity contribution in [3.63, 3.8) is 0 Å². The lowest BCUT2D eigenvalue weighted by atomic mass is 10.5. The number of nitrogens with two attached hydrogens (primary N) is 1. The molecule has 0 unspecified atom stereocenters. The molecule has 12 heteroatoms. The Morgan fingerprint density at radius 3 is 1.93 bits per heavy atom. The lowest BCUT2D eigenvalue weighted by Crippen LogP contribution is -2.13. The molecule has 0 bridgehead atoms. The van der Waals surface area contributed by atoms with Crippen LogP contribution < -0.4 is 5.84 Å². The normalized spacial score (nSPS) is 9.87. The van der Waals surface area contributed by atoms with Crippen molar-refractivity contribution in [1.82, 2.24) is 9.89 Å². The Bertz CT molecular complexity index is 462. The summed E-state index contributed by atoms with van der Waals surface area (Å²) in [7, 11) is 0. The van der Waals surface area contributed by atoms with Crippen molar-refractivity contribution in [1.29, 1.82) is 0 Å². The predicted octanol–water partition coefficient (Wildman–Crippen LogP) is -0.678. The van der Waals surface area contributed by atoms with Crippen LogP contribution in [0, 0.1) is 30.3 Å². The topological polar surface area (TPSA) is 173 Å². The van der Waals surface area contributed by atoms with Crippen LogP contribution in [0.5, 0.6) is 0 Å². The monoisotopic (exact) mass is 218 g/mol. The molecule has 1 heterocycles. The Kier molecular flexibility index (Phi) is 2.17. The van der Waals surface area contributed by atoms with Crippen LogP contribution in [0.25, 0.3) is 0 Å². The Balaban J connectivity index is 3.59. The van der Waals surface area contributed by atoms with Crippen molar-refractivity contribution in [3.05, 3.63) is 30.3 Å². The Morgan fingerprint density at radius 1 is 1.07 bits per heavy atom. The zero-order valence-corrected chi connectivity index (χ0v) is 6.76. The van der Waals surface area contributed by atoms with Crippen molar-refractivity contribution >= 4 is 17.3 Å². The van der Waals surface area contributed by atoms with Crippen LogP contribution in [0.1, 0.15) is 0 Å². The van der Waals surface area contributed by atoms with E-state index in [2.05, 4.69) is 5.10 Å². The summed E-state index contributed by atoms with van der Waals surface area (Å²) < 4.78 is 0. The molecule has 0 aliphatic carbocycles. The van der Waals surface area contributed by atoms with Crippen LogP contribution in [0.15, 0.2) is 0 Å². The largest absolute Gasteiger partial charge is 0.501 e. The maximum Gasteiger partial charge on any atom is 0.501 e. The Labute approximate surface area is 79.3 Å². The number of nitrogens with zero attached hydrogens (tertiary/aromatic N) is 5. The SMILES string of the molecule is Nn1nc([N+](=O)[O-])c([N+](=O)[O-])c1[N+](=O)[O-]. The fourth-order valence-electron chi connectivity index (χ4n) is 0.862. The molecule has 1 rings (SSSR count). The van der Waals surface area contributed by atoms with Gasteiger partial charge in [0.05, 0.1) is 9.71 Å². The van der Waals surface area contributed by atoms with Gasteiger partial charge < -0.3 is 20.2 Å². The highest BCUT2D eigenvalue weighted by atomic mass is 16.7. The van der Waals surface area contributed by atoms with Crippen molar-refractivity contribution in [2.24, 2.45) is 0 Å². The van der Waals surface area contributed by atoms with Crippen LogP contribution in [0.3, 0.4) is 0 Å². The molecule has 0 atom stereocenters. The maximum absolute atomic E-state index is 10.4. The fourth-order valence-corrected chi connectivity index (χ4v) is 0.862. The Morgan fingerprint density at radius 2 is 1.60 bits per heavy atom. The number of nitrogen functional groups attached to an aromatic ring is 1. The molecule has 0 spiro atoms. The molecule has 0 amide bonds. The molecule has 80 valence electrons. The second-order valence-corrected chi connectivity index (χ2v) is 2.21. The van der Waals surface area contributed by atoms with Gasteiger partial charge in [-0.25, -0.2) is 5.84 Å². The first kappa shape index (κ1) is 10.3. The molecular formula is C3H2N6O6. The van der Waals surface area contributed by atoms with Crippen molar-refractivity contribution < 1.29 is 14.8 Å². The van der Waals surface area contributed by atoms with Crippen molar-refractivity contribution in [3.8, 4) is 0 Å². The number of rotatable bonds is 3. The van der Waals surface area contributed by atoms with E-state index in [0.717, 1.165) is 0 Å². The van der Waals surface area contributed by atoms with E-state index in [0.29, 0.717) is 0 Å².